The van der Waals surface area contributed by atoms with Crippen LogP contribution in [0.25, 0.3) is 0 Å². The molecule has 0 spiro atoms. The van der Waals surface area contributed by atoms with Gasteiger partial charge in [-0.15, -0.1) is 0 Å². The van der Waals surface area contributed by atoms with Crippen molar-refractivity contribution in [2.75, 3.05) is 17.2 Å². The molecule has 114 valence electrons. The van der Waals surface area contributed by atoms with Crippen LogP contribution >= 0.6 is 0 Å². The SMILES string of the molecule is Cc1ccc2c(c1)OC(C)CN2C(=O)c1cc(N)ccc1C. The van der Waals surface area contributed by atoms with E-state index in [9.17, 15) is 4.79 Å². The molecule has 22 heavy (non-hydrogen) atoms. The highest BCUT2D eigenvalue weighted by Crippen LogP contribution is 2.35. The van der Waals surface area contributed by atoms with Crippen LogP contribution in [0.4, 0.5) is 11.4 Å². The first-order valence-electron chi connectivity index (χ1n) is 7.41. The van der Waals surface area contributed by atoms with Gasteiger partial charge in [0.25, 0.3) is 5.91 Å². The summed E-state index contributed by atoms with van der Waals surface area (Å²) in [6, 6.07) is 11.3. The Bertz CT molecular complexity index is 740. The average Bonchev–Trinajstić information content (AvgIpc) is 2.47. The highest BCUT2D eigenvalue weighted by Gasteiger charge is 2.29. The van der Waals surface area contributed by atoms with Crippen molar-refractivity contribution in [1.82, 2.24) is 0 Å². The van der Waals surface area contributed by atoms with E-state index in [0.29, 0.717) is 17.8 Å². The van der Waals surface area contributed by atoms with Gasteiger partial charge in [-0.2, -0.15) is 0 Å². The van der Waals surface area contributed by atoms with Gasteiger partial charge in [0.2, 0.25) is 0 Å². The average molecular weight is 296 g/mol. The predicted octanol–water partition coefficient (Wildman–Crippen LogP) is 3.31. The molecule has 0 radical (unpaired) electrons. The summed E-state index contributed by atoms with van der Waals surface area (Å²) in [6.07, 6.45) is -0.0420. The quantitative estimate of drug-likeness (QED) is 0.821. The lowest BCUT2D eigenvalue weighted by atomic mass is 10.0. The zero-order valence-electron chi connectivity index (χ0n) is 13.1. The van der Waals surface area contributed by atoms with E-state index in [1.807, 2.05) is 51.1 Å². The van der Waals surface area contributed by atoms with Crippen molar-refractivity contribution in [3.63, 3.8) is 0 Å². The van der Waals surface area contributed by atoms with E-state index in [1.165, 1.54) is 0 Å². The van der Waals surface area contributed by atoms with Gasteiger partial charge in [0.15, 0.2) is 0 Å². The first-order chi connectivity index (χ1) is 10.5. The third-order valence-corrected chi connectivity index (χ3v) is 3.91. The van der Waals surface area contributed by atoms with Gasteiger partial charge < -0.3 is 15.4 Å². The summed E-state index contributed by atoms with van der Waals surface area (Å²) in [5, 5.41) is 0. The fourth-order valence-corrected chi connectivity index (χ4v) is 2.76. The standard InChI is InChI=1S/C18H20N2O2/c1-11-4-7-16-17(8-11)22-13(3)10-20(16)18(21)15-9-14(19)6-5-12(15)2/h4-9,13H,10,19H2,1-3H3. The van der Waals surface area contributed by atoms with Crippen LogP contribution in [0.2, 0.25) is 0 Å². The van der Waals surface area contributed by atoms with Crippen LogP contribution in [-0.2, 0) is 0 Å². The van der Waals surface area contributed by atoms with Gasteiger partial charge in [-0.25, -0.2) is 0 Å². The first-order valence-corrected chi connectivity index (χ1v) is 7.41. The number of benzene rings is 2. The van der Waals surface area contributed by atoms with Crippen molar-refractivity contribution in [3.05, 3.63) is 53.1 Å². The maximum absolute atomic E-state index is 13.0. The van der Waals surface area contributed by atoms with Gasteiger partial charge in [0, 0.05) is 11.3 Å². The van der Waals surface area contributed by atoms with Crippen molar-refractivity contribution in [3.8, 4) is 5.75 Å². The Balaban J connectivity index is 2.05. The van der Waals surface area contributed by atoms with Crippen molar-refractivity contribution in [1.29, 1.82) is 0 Å². The molecule has 3 rings (SSSR count). The van der Waals surface area contributed by atoms with E-state index in [-0.39, 0.29) is 12.0 Å². The molecular weight excluding hydrogens is 276 g/mol. The number of rotatable bonds is 1. The van der Waals surface area contributed by atoms with Gasteiger partial charge in [0.1, 0.15) is 11.9 Å². The van der Waals surface area contributed by atoms with Crippen molar-refractivity contribution < 1.29 is 9.53 Å². The molecule has 4 heteroatoms. The Hall–Kier alpha value is -2.49. The number of hydrogen-bond acceptors (Lipinski definition) is 3. The number of nitrogen functional groups attached to an aromatic ring is 1. The van der Waals surface area contributed by atoms with Crippen molar-refractivity contribution in [2.45, 2.75) is 26.9 Å². The molecule has 1 atom stereocenters. The minimum absolute atomic E-state index is 0.0370. The Labute approximate surface area is 130 Å². The summed E-state index contributed by atoms with van der Waals surface area (Å²) in [4.78, 5) is 14.8. The number of carbonyl (C=O) groups is 1. The Kier molecular flexibility index (Phi) is 3.53. The van der Waals surface area contributed by atoms with E-state index < -0.39 is 0 Å². The Morgan fingerprint density at radius 3 is 2.77 bits per heavy atom. The zero-order valence-corrected chi connectivity index (χ0v) is 13.1. The monoisotopic (exact) mass is 296 g/mol. The molecule has 0 fully saturated rings. The second-order valence-electron chi connectivity index (χ2n) is 5.89. The number of nitrogens with zero attached hydrogens (tertiary/aromatic N) is 1. The molecule has 1 aliphatic rings. The largest absolute Gasteiger partial charge is 0.487 e. The minimum Gasteiger partial charge on any atom is -0.487 e. The number of ether oxygens (including phenoxy) is 1. The molecule has 0 aromatic heterocycles. The highest BCUT2D eigenvalue weighted by molar-refractivity contribution is 6.08. The van der Waals surface area contributed by atoms with Crippen molar-refractivity contribution >= 4 is 17.3 Å². The molecular formula is C18H20N2O2. The first kappa shape index (κ1) is 14.4. The third kappa shape index (κ3) is 2.52. The smallest absolute Gasteiger partial charge is 0.258 e. The summed E-state index contributed by atoms with van der Waals surface area (Å²) in [5.41, 5.74) is 9.93. The molecule has 1 amide bonds. The fraction of sp³-hybridized carbons (Fsp3) is 0.278. The van der Waals surface area contributed by atoms with Crippen molar-refractivity contribution in [2.24, 2.45) is 0 Å². The molecule has 2 aromatic rings. The second kappa shape index (κ2) is 5.37. The normalized spacial score (nSPS) is 16.9. The summed E-state index contributed by atoms with van der Waals surface area (Å²) in [6.45, 7) is 6.44. The van der Waals surface area contributed by atoms with E-state index in [0.717, 1.165) is 22.6 Å². The molecule has 2 N–H and O–H groups in total. The fourth-order valence-electron chi connectivity index (χ4n) is 2.76. The lowest BCUT2D eigenvalue weighted by molar-refractivity contribution is 0.0960. The molecule has 0 aliphatic carbocycles. The number of aryl methyl sites for hydroxylation is 2. The van der Waals surface area contributed by atoms with Crippen LogP contribution < -0.4 is 15.4 Å². The maximum atomic E-state index is 13.0. The number of amides is 1. The summed E-state index contributed by atoms with van der Waals surface area (Å²) < 4.78 is 5.86. The molecule has 0 saturated carbocycles. The number of hydrogen-bond donors (Lipinski definition) is 1. The molecule has 1 aliphatic heterocycles. The van der Waals surface area contributed by atoms with Crippen LogP contribution in [0.5, 0.6) is 5.75 Å². The minimum atomic E-state index is -0.0420. The summed E-state index contributed by atoms with van der Waals surface area (Å²) in [5.74, 6) is 0.721. The number of fused-ring (bicyclic) bond motifs is 1. The maximum Gasteiger partial charge on any atom is 0.258 e. The van der Waals surface area contributed by atoms with Gasteiger partial charge >= 0.3 is 0 Å². The van der Waals surface area contributed by atoms with Crippen LogP contribution in [0.15, 0.2) is 36.4 Å². The predicted molar refractivity (Wildman–Crippen MR) is 88.5 cm³/mol. The van der Waals surface area contributed by atoms with Gasteiger partial charge in [-0.1, -0.05) is 12.1 Å². The van der Waals surface area contributed by atoms with Gasteiger partial charge in [-0.3, -0.25) is 4.79 Å². The molecule has 0 saturated heterocycles. The van der Waals surface area contributed by atoms with Crippen LogP contribution in [-0.4, -0.2) is 18.6 Å². The number of nitrogens with two attached hydrogens (primary N) is 1. The topological polar surface area (TPSA) is 55.6 Å². The molecule has 1 unspecified atom stereocenters. The van der Waals surface area contributed by atoms with Gasteiger partial charge in [-0.05, 0) is 56.2 Å². The van der Waals surface area contributed by atoms with Crippen LogP contribution in [0.3, 0.4) is 0 Å². The van der Waals surface area contributed by atoms with E-state index >= 15 is 0 Å². The van der Waals surface area contributed by atoms with Crippen LogP contribution in [0.1, 0.15) is 28.4 Å². The zero-order chi connectivity index (χ0) is 15.9. The lowest BCUT2D eigenvalue weighted by Crippen LogP contribution is -2.42. The van der Waals surface area contributed by atoms with E-state index in [1.54, 1.807) is 11.0 Å². The highest BCUT2D eigenvalue weighted by atomic mass is 16.5. The van der Waals surface area contributed by atoms with E-state index in [4.69, 9.17) is 10.5 Å². The summed E-state index contributed by atoms with van der Waals surface area (Å²) >= 11 is 0. The van der Waals surface area contributed by atoms with E-state index in [2.05, 4.69) is 0 Å². The van der Waals surface area contributed by atoms with Crippen LogP contribution in [0, 0.1) is 13.8 Å². The summed E-state index contributed by atoms with van der Waals surface area (Å²) in [7, 11) is 0. The van der Waals surface area contributed by atoms with Gasteiger partial charge in [0.05, 0.1) is 12.2 Å². The Morgan fingerprint density at radius 1 is 1.23 bits per heavy atom. The second-order valence-corrected chi connectivity index (χ2v) is 5.89. The Morgan fingerprint density at radius 2 is 2.00 bits per heavy atom. The molecule has 0 bridgehead atoms. The number of anilines is 2. The molecule has 1 heterocycles. The molecule has 2 aromatic carbocycles. The third-order valence-electron chi connectivity index (χ3n) is 3.91. The lowest BCUT2D eigenvalue weighted by Gasteiger charge is -2.34. The number of carbonyl (C=O) groups excluding carboxylic acids is 1. The molecule has 4 nitrogen and oxygen atoms in total.